The fraction of sp³-hybridized carbons (Fsp3) is 0.333. The molecule has 0 saturated carbocycles. The minimum absolute atomic E-state index is 0.0914. The van der Waals surface area contributed by atoms with Gasteiger partial charge < -0.3 is 15.8 Å². The molecular formula is C12H16F2N2O. The van der Waals surface area contributed by atoms with Crippen LogP contribution in [0, 0.1) is 11.6 Å². The average Bonchev–Trinajstić information content (AvgIpc) is 2.23. The number of benzene rings is 1. The Balaban J connectivity index is 2.44. The monoisotopic (exact) mass is 242 g/mol. The third-order valence-corrected chi connectivity index (χ3v) is 2.00. The highest BCUT2D eigenvalue weighted by molar-refractivity contribution is 5.66. The number of nitrogen functional groups attached to an aromatic ring is 1. The summed E-state index contributed by atoms with van der Waals surface area (Å²) in [5.74, 6) is -1.43. The molecule has 0 heterocycles. The smallest absolute Gasteiger partial charge is 0.151 e. The summed E-state index contributed by atoms with van der Waals surface area (Å²) in [4.78, 5) is 0. The molecule has 0 saturated heterocycles. The molecule has 0 aliphatic heterocycles. The summed E-state index contributed by atoms with van der Waals surface area (Å²) in [7, 11) is 0. The molecule has 3 nitrogen and oxygen atoms in total. The van der Waals surface area contributed by atoms with E-state index in [9.17, 15) is 8.78 Å². The molecule has 0 aromatic heterocycles. The second-order valence-corrected chi connectivity index (χ2v) is 3.79. The molecule has 0 amide bonds. The highest BCUT2D eigenvalue weighted by atomic mass is 19.1. The van der Waals surface area contributed by atoms with Crippen molar-refractivity contribution in [1.29, 1.82) is 0 Å². The van der Waals surface area contributed by atoms with E-state index < -0.39 is 11.6 Å². The second-order valence-electron chi connectivity index (χ2n) is 3.79. The lowest BCUT2D eigenvalue weighted by molar-refractivity contribution is 0.167. The van der Waals surface area contributed by atoms with Gasteiger partial charge in [-0.05, 0) is 13.0 Å². The number of hydrogen-bond acceptors (Lipinski definition) is 3. The van der Waals surface area contributed by atoms with Gasteiger partial charge in [-0.1, -0.05) is 12.2 Å². The van der Waals surface area contributed by atoms with Gasteiger partial charge in [0.05, 0.1) is 24.6 Å². The van der Waals surface area contributed by atoms with Crippen molar-refractivity contribution in [2.75, 3.05) is 30.8 Å². The Bertz CT molecular complexity index is 408. The summed E-state index contributed by atoms with van der Waals surface area (Å²) in [5.41, 5.74) is 6.52. The van der Waals surface area contributed by atoms with Gasteiger partial charge in [-0.3, -0.25) is 0 Å². The lowest BCUT2D eigenvalue weighted by Gasteiger charge is -2.10. The number of nitrogens with two attached hydrogens (primary N) is 1. The van der Waals surface area contributed by atoms with E-state index in [-0.39, 0.29) is 11.4 Å². The number of anilines is 2. The van der Waals surface area contributed by atoms with Crippen LogP contribution < -0.4 is 11.1 Å². The maximum Gasteiger partial charge on any atom is 0.151 e. The van der Waals surface area contributed by atoms with Crippen molar-refractivity contribution >= 4 is 11.4 Å². The Labute approximate surface area is 99.3 Å². The Hall–Kier alpha value is -1.62. The summed E-state index contributed by atoms with van der Waals surface area (Å²) >= 11 is 0. The first-order valence-corrected chi connectivity index (χ1v) is 5.21. The summed E-state index contributed by atoms with van der Waals surface area (Å²) in [6.45, 7) is 6.83. The molecular weight excluding hydrogens is 226 g/mol. The third-order valence-electron chi connectivity index (χ3n) is 2.00. The van der Waals surface area contributed by atoms with Crippen molar-refractivity contribution in [1.82, 2.24) is 0 Å². The normalized spacial score (nSPS) is 10.3. The first-order chi connectivity index (χ1) is 8.00. The molecule has 1 rings (SSSR count). The lowest BCUT2D eigenvalue weighted by Crippen LogP contribution is -2.12. The van der Waals surface area contributed by atoms with Crippen LogP contribution in [0.3, 0.4) is 0 Å². The van der Waals surface area contributed by atoms with Crippen molar-refractivity contribution in [3.63, 3.8) is 0 Å². The highest BCUT2D eigenvalue weighted by Gasteiger charge is 2.07. The summed E-state index contributed by atoms with van der Waals surface area (Å²) in [5, 5.41) is 2.81. The van der Waals surface area contributed by atoms with Gasteiger partial charge in [0.1, 0.15) is 5.82 Å². The third kappa shape index (κ3) is 4.40. The Morgan fingerprint density at radius 2 is 2.18 bits per heavy atom. The van der Waals surface area contributed by atoms with E-state index in [4.69, 9.17) is 10.5 Å². The first kappa shape index (κ1) is 13.4. The SMILES string of the molecule is C=C(C)COCCNc1cc(F)cc(F)c1N. The zero-order chi connectivity index (χ0) is 12.8. The van der Waals surface area contributed by atoms with Crippen molar-refractivity contribution in [2.24, 2.45) is 0 Å². The van der Waals surface area contributed by atoms with Crippen molar-refractivity contribution in [2.45, 2.75) is 6.92 Å². The second kappa shape index (κ2) is 6.20. The van der Waals surface area contributed by atoms with Crippen LogP contribution in [-0.4, -0.2) is 19.8 Å². The van der Waals surface area contributed by atoms with Gasteiger partial charge in [-0.25, -0.2) is 8.78 Å². The predicted molar refractivity (Wildman–Crippen MR) is 64.9 cm³/mol. The molecule has 0 aliphatic carbocycles. The molecule has 17 heavy (non-hydrogen) atoms. The number of nitrogens with one attached hydrogen (secondary N) is 1. The van der Waals surface area contributed by atoms with E-state index in [2.05, 4.69) is 11.9 Å². The van der Waals surface area contributed by atoms with Gasteiger partial charge in [0.2, 0.25) is 0 Å². The van der Waals surface area contributed by atoms with Gasteiger partial charge >= 0.3 is 0 Å². The minimum Gasteiger partial charge on any atom is -0.395 e. The molecule has 1 aromatic carbocycles. The Kier molecular flexibility index (Phi) is 4.90. The van der Waals surface area contributed by atoms with Crippen LogP contribution >= 0.6 is 0 Å². The topological polar surface area (TPSA) is 47.3 Å². The highest BCUT2D eigenvalue weighted by Crippen LogP contribution is 2.22. The quantitative estimate of drug-likeness (QED) is 0.458. The van der Waals surface area contributed by atoms with E-state index in [0.717, 1.165) is 17.7 Å². The number of halogens is 2. The van der Waals surface area contributed by atoms with Crippen molar-refractivity contribution in [3.8, 4) is 0 Å². The summed E-state index contributed by atoms with van der Waals surface area (Å²) in [6.07, 6.45) is 0. The van der Waals surface area contributed by atoms with Crippen molar-refractivity contribution in [3.05, 3.63) is 35.9 Å². The number of rotatable bonds is 6. The van der Waals surface area contributed by atoms with Crippen LogP contribution in [0.25, 0.3) is 0 Å². The van der Waals surface area contributed by atoms with Gasteiger partial charge in [-0.2, -0.15) is 0 Å². The summed E-state index contributed by atoms with van der Waals surface area (Å²) in [6, 6.07) is 1.90. The fourth-order valence-electron chi connectivity index (χ4n) is 1.24. The number of ether oxygens (including phenoxy) is 1. The van der Waals surface area contributed by atoms with E-state index >= 15 is 0 Å². The van der Waals surface area contributed by atoms with Crippen LogP contribution in [0.15, 0.2) is 24.3 Å². The maximum absolute atomic E-state index is 13.1. The fourth-order valence-corrected chi connectivity index (χ4v) is 1.24. The van der Waals surface area contributed by atoms with Crippen LogP contribution in [-0.2, 0) is 4.74 Å². The molecule has 0 unspecified atom stereocenters. The van der Waals surface area contributed by atoms with Crippen LogP contribution in [0.2, 0.25) is 0 Å². The van der Waals surface area contributed by atoms with Gasteiger partial charge in [0, 0.05) is 12.6 Å². The maximum atomic E-state index is 13.1. The van der Waals surface area contributed by atoms with E-state index in [1.54, 1.807) is 0 Å². The molecule has 3 N–H and O–H groups in total. The predicted octanol–water partition coefficient (Wildman–Crippen LogP) is 2.55. The minimum atomic E-state index is -0.768. The molecule has 0 aliphatic rings. The molecule has 0 atom stereocenters. The van der Waals surface area contributed by atoms with Gasteiger partial charge in [0.25, 0.3) is 0 Å². The summed E-state index contributed by atoms with van der Waals surface area (Å²) < 4.78 is 31.2. The van der Waals surface area contributed by atoms with Gasteiger partial charge in [-0.15, -0.1) is 0 Å². The lowest BCUT2D eigenvalue weighted by atomic mass is 10.2. The molecule has 94 valence electrons. The zero-order valence-electron chi connectivity index (χ0n) is 9.72. The molecule has 0 radical (unpaired) electrons. The standard InChI is InChI=1S/C12H16F2N2O/c1-8(2)7-17-4-3-16-11-6-9(13)5-10(14)12(11)15/h5-6,16H,1,3-4,7,15H2,2H3. The largest absolute Gasteiger partial charge is 0.395 e. The van der Waals surface area contributed by atoms with Crippen LogP contribution in [0.4, 0.5) is 20.2 Å². The molecule has 0 bridgehead atoms. The van der Waals surface area contributed by atoms with Crippen LogP contribution in [0.1, 0.15) is 6.92 Å². The molecule has 0 spiro atoms. The zero-order valence-corrected chi connectivity index (χ0v) is 9.72. The van der Waals surface area contributed by atoms with E-state index in [1.165, 1.54) is 0 Å². The first-order valence-electron chi connectivity index (χ1n) is 5.21. The molecule has 1 aromatic rings. The van der Waals surface area contributed by atoms with Crippen molar-refractivity contribution < 1.29 is 13.5 Å². The Morgan fingerprint density at radius 1 is 1.47 bits per heavy atom. The molecule has 5 heteroatoms. The van der Waals surface area contributed by atoms with Crippen LogP contribution in [0.5, 0.6) is 0 Å². The van der Waals surface area contributed by atoms with E-state index in [0.29, 0.717) is 19.8 Å². The Morgan fingerprint density at radius 3 is 2.82 bits per heavy atom. The van der Waals surface area contributed by atoms with Gasteiger partial charge in [0.15, 0.2) is 5.82 Å². The number of hydrogen-bond donors (Lipinski definition) is 2. The average molecular weight is 242 g/mol. The van der Waals surface area contributed by atoms with E-state index in [1.807, 2.05) is 6.92 Å². The molecule has 0 fully saturated rings.